The highest BCUT2D eigenvalue weighted by Gasteiger charge is 2.37. The molecule has 3 aromatic carbocycles. The summed E-state index contributed by atoms with van der Waals surface area (Å²) in [5.74, 6) is -1.88. The van der Waals surface area contributed by atoms with Gasteiger partial charge in [-0.05, 0) is 72.5 Å². The molecule has 2 N–H and O–H groups in total. The number of carbonyl (C=O) groups excluding carboxylic acids is 3. The van der Waals surface area contributed by atoms with Crippen molar-refractivity contribution < 1.29 is 33.8 Å². The fourth-order valence-electron chi connectivity index (χ4n) is 4.17. The smallest absolute Gasteiger partial charge is 0.335 e. The number of nitrogens with zero attached hydrogens (tertiary/aromatic N) is 1. The molecular formula is C30H25ClN2O7. The van der Waals surface area contributed by atoms with Crippen LogP contribution in [-0.2, 0) is 22.6 Å². The molecule has 1 fully saturated rings. The lowest BCUT2D eigenvalue weighted by Crippen LogP contribution is -2.54. The lowest BCUT2D eigenvalue weighted by Gasteiger charge is -2.27. The van der Waals surface area contributed by atoms with Gasteiger partial charge in [0.15, 0.2) is 11.5 Å². The van der Waals surface area contributed by atoms with Gasteiger partial charge in [0.05, 0.1) is 18.4 Å². The number of benzene rings is 3. The van der Waals surface area contributed by atoms with Gasteiger partial charge in [0.2, 0.25) is 0 Å². The van der Waals surface area contributed by atoms with Crippen LogP contribution in [0.25, 0.3) is 6.08 Å². The van der Waals surface area contributed by atoms with Crippen LogP contribution in [0.1, 0.15) is 32.6 Å². The summed E-state index contributed by atoms with van der Waals surface area (Å²) in [7, 11) is 1.46. The van der Waals surface area contributed by atoms with Crippen molar-refractivity contribution in [2.24, 2.45) is 0 Å². The third kappa shape index (κ3) is 5.74. The molecular weight excluding hydrogens is 536 g/mol. The second-order valence-corrected chi connectivity index (χ2v) is 9.24. The van der Waals surface area contributed by atoms with Crippen molar-refractivity contribution in [2.75, 3.05) is 12.0 Å². The van der Waals surface area contributed by atoms with Crippen LogP contribution in [0.3, 0.4) is 0 Å². The Balaban J connectivity index is 1.69. The van der Waals surface area contributed by atoms with Crippen molar-refractivity contribution in [3.8, 4) is 11.5 Å². The number of anilines is 1. The van der Waals surface area contributed by atoms with Crippen LogP contribution in [0, 0.1) is 6.92 Å². The van der Waals surface area contributed by atoms with Gasteiger partial charge in [-0.25, -0.2) is 14.5 Å². The average molecular weight is 561 g/mol. The van der Waals surface area contributed by atoms with Gasteiger partial charge in [-0.15, -0.1) is 6.58 Å². The maximum absolute atomic E-state index is 13.4. The van der Waals surface area contributed by atoms with Crippen LogP contribution in [0.5, 0.6) is 11.5 Å². The van der Waals surface area contributed by atoms with Crippen LogP contribution >= 0.6 is 11.6 Å². The standard InChI is InChI=1S/C30H25ClN2O7/c1-4-6-21-13-19(15-25(39-3)26(21)40-16-18-9-11-20(12-10-18)29(36)37)14-22-27(34)32-30(38)33(28(22)35)24-8-5-7-23(31)17(24)2/h4-5,7-15H,1,6,16H2,2-3H3,(H,36,37)(H,32,34,38)/b22-14+. The van der Waals surface area contributed by atoms with Gasteiger partial charge in [0, 0.05) is 10.6 Å². The van der Waals surface area contributed by atoms with Crippen LogP contribution in [-0.4, -0.2) is 36.0 Å². The van der Waals surface area contributed by atoms with E-state index in [1.165, 1.54) is 25.3 Å². The van der Waals surface area contributed by atoms with Crippen molar-refractivity contribution in [3.63, 3.8) is 0 Å². The molecule has 9 nitrogen and oxygen atoms in total. The van der Waals surface area contributed by atoms with Crippen molar-refractivity contribution in [3.05, 3.63) is 106 Å². The topological polar surface area (TPSA) is 122 Å². The van der Waals surface area contributed by atoms with Gasteiger partial charge < -0.3 is 14.6 Å². The number of nitrogens with one attached hydrogen (secondary N) is 1. The molecule has 1 heterocycles. The number of carboxylic acid groups (broad SMARTS) is 1. The van der Waals surface area contributed by atoms with Gasteiger partial charge in [0.25, 0.3) is 11.8 Å². The van der Waals surface area contributed by atoms with E-state index in [0.29, 0.717) is 39.6 Å². The number of amides is 4. The Morgan fingerprint density at radius 3 is 2.50 bits per heavy atom. The Morgan fingerprint density at radius 2 is 1.85 bits per heavy atom. The zero-order valence-corrected chi connectivity index (χ0v) is 22.4. The summed E-state index contributed by atoms with van der Waals surface area (Å²) in [6, 6.07) is 13.6. The largest absolute Gasteiger partial charge is 0.493 e. The van der Waals surface area contributed by atoms with Crippen molar-refractivity contribution in [2.45, 2.75) is 20.0 Å². The molecule has 4 amide bonds. The summed E-state index contributed by atoms with van der Waals surface area (Å²) >= 11 is 6.19. The molecule has 0 atom stereocenters. The van der Waals surface area contributed by atoms with Gasteiger partial charge in [-0.2, -0.15) is 0 Å². The maximum atomic E-state index is 13.4. The van der Waals surface area contributed by atoms with E-state index in [2.05, 4.69) is 11.9 Å². The monoisotopic (exact) mass is 560 g/mol. The number of carboxylic acids is 1. The summed E-state index contributed by atoms with van der Waals surface area (Å²) < 4.78 is 11.6. The van der Waals surface area contributed by atoms with E-state index in [9.17, 15) is 19.2 Å². The fraction of sp³-hybridized carbons (Fsp3) is 0.133. The molecule has 0 spiro atoms. The molecule has 0 saturated carbocycles. The maximum Gasteiger partial charge on any atom is 0.335 e. The van der Waals surface area contributed by atoms with Gasteiger partial charge in [0.1, 0.15) is 12.2 Å². The molecule has 1 aliphatic heterocycles. The number of ether oxygens (including phenoxy) is 2. The summed E-state index contributed by atoms with van der Waals surface area (Å²) in [6.45, 7) is 5.60. The summed E-state index contributed by atoms with van der Waals surface area (Å²) in [5, 5.41) is 11.7. The Bertz CT molecular complexity index is 1560. The molecule has 4 rings (SSSR count). The Kier molecular flexibility index (Phi) is 8.35. The molecule has 40 heavy (non-hydrogen) atoms. The lowest BCUT2D eigenvalue weighted by molar-refractivity contribution is -0.122. The average Bonchev–Trinajstić information content (AvgIpc) is 2.92. The van der Waals surface area contributed by atoms with Crippen LogP contribution < -0.4 is 19.7 Å². The first-order valence-corrected chi connectivity index (χ1v) is 12.5. The highest BCUT2D eigenvalue weighted by molar-refractivity contribution is 6.40. The lowest BCUT2D eigenvalue weighted by atomic mass is 10.0. The quantitative estimate of drug-likeness (QED) is 0.206. The highest BCUT2D eigenvalue weighted by atomic mass is 35.5. The Labute approximate surface area is 235 Å². The van der Waals surface area contributed by atoms with E-state index in [-0.39, 0.29) is 23.4 Å². The molecule has 204 valence electrons. The van der Waals surface area contributed by atoms with Gasteiger partial charge in [-0.1, -0.05) is 35.9 Å². The number of carbonyl (C=O) groups is 4. The number of methoxy groups -OCH3 is 1. The zero-order valence-electron chi connectivity index (χ0n) is 21.7. The Morgan fingerprint density at radius 1 is 1.12 bits per heavy atom. The summed E-state index contributed by atoms with van der Waals surface area (Å²) in [4.78, 5) is 50.7. The van der Waals surface area contributed by atoms with Gasteiger partial charge in [-0.3, -0.25) is 14.9 Å². The second kappa shape index (κ2) is 11.9. The predicted octanol–water partition coefficient (Wildman–Crippen LogP) is 5.33. The van der Waals surface area contributed by atoms with Crippen molar-refractivity contribution >= 4 is 47.2 Å². The van der Waals surface area contributed by atoms with E-state index in [4.69, 9.17) is 26.2 Å². The molecule has 1 aliphatic rings. The van der Waals surface area contributed by atoms with Crippen LogP contribution in [0.4, 0.5) is 10.5 Å². The van der Waals surface area contributed by atoms with Crippen molar-refractivity contribution in [1.82, 2.24) is 5.32 Å². The normalized spacial score (nSPS) is 14.2. The minimum absolute atomic E-state index is 0.137. The molecule has 0 unspecified atom stereocenters. The first kappa shape index (κ1) is 28.1. The number of rotatable bonds is 9. The van der Waals surface area contributed by atoms with E-state index in [0.717, 1.165) is 10.5 Å². The number of hydrogen-bond acceptors (Lipinski definition) is 6. The Hall–Kier alpha value is -4.89. The number of halogens is 1. The number of allylic oxidation sites excluding steroid dienone is 1. The third-order valence-electron chi connectivity index (χ3n) is 6.22. The summed E-state index contributed by atoms with van der Waals surface area (Å²) in [5.41, 5.74) is 2.56. The first-order chi connectivity index (χ1) is 19.1. The van der Waals surface area contributed by atoms with Crippen LogP contribution in [0.2, 0.25) is 5.02 Å². The molecule has 1 saturated heterocycles. The van der Waals surface area contributed by atoms with E-state index in [1.54, 1.807) is 55.5 Å². The number of imide groups is 2. The molecule has 0 bridgehead atoms. The number of barbiturate groups is 1. The SMILES string of the molecule is C=CCc1cc(/C=C2\C(=O)NC(=O)N(c3cccc(Cl)c3C)C2=O)cc(OC)c1OCc1ccc(C(=O)O)cc1. The highest BCUT2D eigenvalue weighted by Crippen LogP contribution is 2.36. The summed E-state index contributed by atoms with van der Waals surface area (Å²) in [6.07, 6.45) is 3.43. The molecule has 0 radical (unpaired) electrons. The first-order valence-electron chi connectivity index (χ1n) is 12.1. The van der Waals surface area contributed by atoms with Crippen LogP contribution in [0.15, 0.2) is 72.8 Å². The number of hydrogen-bond donors (Lipinski definition) is 2. The molecule has 3 aromatic rings. The second-order valence-electron chi connectivity index (χ2n) is 8.84. The van der Waals surface area contributed by atoms with Gasteiger partial charge >= 0.3 is 12.0 Å². The van der Waals surface area contributed by atoms with E-state index < -0.39 is 23.8 Å². The molecule has 0 aliphatic carbocycles. The van der Waals surface area contributed by atoms with E-state index >= 15 is 0 Å². The fourth-order valence-corrected chi connectivity index (χ4v) is 4.34. The number of aromatic carboxylic acids is 1. The predicted molar refractivity (Wildman–Crippen MR) is 150 cm³/mol. The van der Waals surface area contributed by atoms with Crippen molar-refractivity contribution in [1.29, 1.82) is 0 Å². The third-order valence-corrected chi connectivity index (χ3v) is 6.62. The minimum Gasteiger partial charge on any atom is -0.493 e. The zero-order chi connectivity index (χ0) is 29.0. The number of urea groups is 1. The minimum atomic E-state index is -1.02. The van der Waals surface area contributed by atoms with E-state index in [1.807, 2.05) is 0 Å². The molecule has 0 aromatic heterocycles. The molecule has 10 heteroatoms.